The second-order valence-electron chi connectivity index (χ2n) is 5.75. The summed E-state index contributed by atoms with van der Waals surface area (Å²) in [4.78, 5) is 24.5. The van der Waals surface area contributed by atoms with Gasteiger partial charge in [-0.2, -0.15) is 0 Å². The molecule has 0 bridgehead atoms. The fraction of sp³-hybridized carbons (Fsp3) is 0.333. The van der Waals surface area contributed by atoms with Gasteiger partial charge in [0.15, 0.2) is 0 Å². The molecular weight excluding hydrogens is 292 g/mol. The summed E-state index contributed by atoms with van der Waals surface area (Å²) in [6, 6.07) is 12.4. The second kappa shape index (κ2) is 8.17. The predicted octanol–water partition coefficient (Wildman–Crippen LogP) is 2.28. The highest BCUT2D eigenvalue weighted by Gasteiger charge is 2.24. The molecule has 0 saturated heterocycles. The third-order valence-corrected chi connectivity index (χ3v) is 3.49. The first-order valence-corrected chi connectivity index (χ1v) is 7.69. The molecule has 0 aliphatic rings. The summed E-state index contributed by atoms with van der Waals surface area (Å²) in [5.41, 5.74) is 0.920. The van der Waals surface area contributed by atoms with Crippen molar-refractivity contribution in [2.75, 3.05) is 0 Å². The summed E-state index contributed by atoms with van der Waals surface area (Å²) in [5.74, 6) is 0.295. The SMILES string of the molecule is CC(C)[C@H](NC(=O)Cc1ccccc1)C(=O)NCc1ccco1. The van der Waals surface area contributed by atoms with Crippen molar-refractivity contribution in [3.8, 4) is 0 Å². The highest BCUT2D eigenvalue weighted by atomic mass is 16.3. The van der Waals surface area contributed by atoms with Crippen molar-refractivity contribution < 1.29 is 14.0 Å². The van der Waals surface area contributed by atoms with E-state index >= 15 is 0 Å². The number of amides is 2. The van der Waals surface area contributed by atoms with E-state index in [4.69, 9.17) is 4.42 Å². The third-order valence-electron chi connectivity index (χ3n) is 3.49. The zero-order valence-corrected chi connectivity index (χ0v) is 13.4. The van der Waals surface area contributed by atoms with Crippen molar-refractivity contribution in [3.63, 3.8) is 0 Å². The molecule has 1 aromatic carbocycles. The summed E-state index contributed by atoms with van der Waals surface area (Å²) >= 11 is 0. The molecule has 0 spiro atoms. The average molecular weight is 314 g/mol. The quantitative estimate of drug-likeness (QED) is 0.823. The van der Waals surface area contributed by atoms with Gasteiger partial charge in [-0.1, -0.05) is 44.2 Å². The van der Waals surface area contributed by atoms with E-state index in [1.165, 1.54) is 0 Å². The maximum absolute atomic E-state index is 12.3. The number of carbonyl (C=O) groups excluding carboxylic acids is 2. The van der Waals surface area contributed by atoms with Crippen LogP contribution in [-0.2, 0) is 22.6 Å². The summed E-state index contributed by atoms with van der Waals surface area (Å²) in [5, 5.41) is 5.60. The number of nitrogens with one attached hydrogen (secondary N) is 2. The first kappa shape index (κ1) is 16.8. The Morgan fingerprint density at radius 2 is 1.83 bits per heavy atom. The minimum absolute atomic E-state index is 0.00803. The van der Waals surface area contributed by atoms with Crippen LogP contribution in [0.1, 0.15) is 25.2 Å². The van der Waals surface area contributed by atoms with Crippen LogP contribution in [0.25, 0.3) is 0 Å². The van der Waals surface area contributed by atoms with Crippen LogP contribution >= 0.6 is 0 Å². The Hall–Kier alpha value is -2.56. The number of benzene rings is 1. The van der Waals surface area contributed by atoms with Crippen molar-refractivity contribution in [3.05, 3.63) is 60.1 Å². The number of hydrogen-bond acceptors (Lipinski definition) is 3. The highest BCUT2D eigenvalue weighted by molar-refractivity contribution is 5.88. The van der Waals surface area contributed by atoms with Gasteiger partial charge in [-0.3, -0.25) is 9.59 Å². The molecule has 5 nitrogen and oxygen atoms in total. The molecule has 23 heavy (non-hydrogen) atoms. The summed E-state index contributed by atoms with van der Waals surface area (Å²) in [6.07, 6.45) is 1.82. The standard InChI is InChI=1S/C18H22N2O3/c1-13(2)17(18(22)19-12-15-9-6-10-23-15)20-16(21)11-14-7-4-3-5-8-14/h3-10,13,17H,11-12H2,1-2H3,(H,19,22)(H,20,21)/t17-/m0/s1. The lowest BCUT2D eigenvalue weighted by atomic mass is 10.0. The van der Waals surface area contributed by atoms with Gasteiger partial charge in [0.05, 0.1) is 19.2 Å². The van der Waals surface area contributed by atoms with Crippen molar-refractivity contribution in [2.24, 2.45) is 5.92 Å². The Morgan fingerprint density at radius 3 is 2.43 bits per heavy atom. The zero-order valence-electron chi connectivity index (χ0n) is 13.4. The van der Waals surface area contributed by atoms with E-state index in [0.29, 0.717) is 12.3 Å². The Balaban J connectivity index is 1.89. The van der Waals surface area contributed by atoms with Gasteiger partial charge in [0.2, 0.25) is 11.8 Å². The van der Waals surface area contributed by atoms with Gasteiger partial charge >= 0.3 is 0 Å². The number of furan rings is 1. The molecule has 1 heterocycles. The Labute approximate surface area is 136 Å². The molecule has 2 aromatic rings. The van der Waals surface area contributed by atoms with E-state index in [-0.39, 0.29) is 24.2 Å². The molecule has 0 radical (unpaired) electrons. The lowest BCUT2D eigenvalue weighted by molar-refractivity contribution is -0.129. The van der Waals surface area contributed by atoms with E-state index in [0.717, 1.165) is 5.56 Å². The van der Waals surface area contributed by atoms with Crippen LogP contribution in [-0.4, -0.2) is 17.9 Å². The second-order valence-corrected chi connectivity index (χ2v) is 5.75. The van der Waals surface area contributed by atoms with Gasteiger partial charge < -0.3 is 15.1 Å². The van der Waals surface area contributed by atoms with E-state index in [1.807, 2.05) is 44.2 Å². The molecule has 2 rings (SSSR count). The average Bonchev–Trinajstić information content (AvgIpc) is 3.04. The number of carbonyl (C=O) groups is 2. The largest absolute Gasteiger partial charge is 0.467 e. The van der Waals surface area contributed by atoms with Crippen molar-refractivity contribution in [2.45, 2.75) is 32.9 Å². The summed E-state index contributed by atoms with van der Waals surface area (Å²) in [6.45, 7) is 4.11. The predicted molar refractivity (Wildman–Crippen MR) is 87.5 cm³/mol. The molecule has 5 heteroatoms. The molecule has 2 N–H and O–H groups in total. The van der Waals surface area contributed by atoms with Gasteiger partial charge in [-0.15, -0.1) is 0 Å². The Morgan fingerprint density at radius 1 is 1.09 bits per heavy atom. The number of rotatable bonds is 7. The fourth-order valence-corrected chi connectivity index (χ4v) is 2.24. The molecule has 0 saturated carbocycles. The van der Waals surface area contributed by atoms with Crippen LogP contribution in [0.15, 0.2) is 53.1 Å². The van der Waals surface area contributed by atoms with E-state index < -0.39 is 6.04 Å². The van der Waals surface area contributed by atoms with Crippen molar-refractivity contribution >= 4 is 11.8 Å². The zero-order chi connectivity index (χ0) is 16.7. The normalized spacial score (nSPS) is 12.0. The first-order valence-electron chi connectivity index (χ1n) is 7.69. The van der Waals surface area contributed by atoms with E-state index in [1.54, 1.807) is 18.4 Å². The van der Waals surface area contributed by atoms with Crippen LogP contribution in [0.4, 0.5) is 0 Å². The van der Waals surface area contributed by atoms with Crippen LogP contribution < -0.4 is 10.6 Å². The van der Waals surface area contributed by atoms with Gasteiger partial charge in [0.25, 0.3) is 0 Å². The van der Waals surface area contributed by atoms with Crippen molar-refractivity contribution in [1.82, 2.24) is 10.6 Å². The van der Waals surface area contributed by atoms with E-state index in [9.17, 15) is 9.59 Å². The Kier molecular flexibility index (Phi) is 5.97. The molecule has 0 unspecified atom stereocenters. The summed E-state index contributed by atoms with van der Waals surface area (Å²) in [7, 11) is 0. The molecule has 0 fully saturated rings. The lowest BCUT2D eigenvalue weighted by Crippen LogP contribution is -2.49. The van der Waals surface area contributed by atoms with Gasteiger partial charge in [0.1, 0.15) is 11.8 Å². The topological polar surface area (TPSA) is 71.3 Å². The van der Waals surface area contributed by atoms with Gasteiger partial charge in [0, 0.05) is 0 Å². The number of hydrogen-bond donors (Lipinski definition) is 2. The summed E-state index contributed by atoms with van der Waals surface area (Å²) < 4.78 is 5.18. The van der Waals surface area contributed by atoms with Crippen molar-refractivity contribution in [1.29, 1.82) is 0 Å². The minimum atomic E-state index is -0.568. The van der Waals surface area contributed by atoms with Crippen LogP contribution in [0, 0.1) is 5.92 Å². The van der Waals surface area contributed by atoms with Gasteiger partial charge in [-0.25, -0.2) is 0 Å². The molecular formula is C18H22N2O3. The molecule has 1 aromatic heterocycles. The molecule has 1 atom stereocenters. The van der Waals surface area contributed by atoms with E-state index in [2.05, 4.69) is 10.6 Å². The maximum atomic E-state index is 12.3. The highest BCUT2D eigenvalue weighted by Crippen LogP contribution is 2.06. The van der Waals surface area contributed by atoms with Crippen LogP contribution in [0.3, 0.4) is 0 Å². The maximum Gasteiger partial charge on any atom is 0.243 e. The third kappa shape index (κ3) is 5.29. The molecule has 0 aliphatic carbocycles. The molecule has 2 amide bonds. The smallest absolute Gasteiger partial charge is 0.243 e. The first-order chi connectivity index (χ1) is 11.1. The van der Waals surface area contributed by atoms with Gasteiger partial charge in [-0.05, 0) is 23.6 Å². The fourth-order valence-electron chi connectivity index (χ4n) is 2.24. The monoisotopic (exact) mass is 314 g/mol. The lowest BCUT2D eigenvalue weighted by Gasteiger charge is -2.21. The minimum Gasteiger partial charge on any atom is -0.467 e. The van der Waals surface area contributed by atoms with Crippen LogP contribution in [0.5, 0.6) is 0 Å². The molecule has 122 valence electrons. The van der Waals surface area contributed by atoms with Crippen LogP contribution in [0.2, 0.25) is 0 Å². The Bertz CT molecular complexity index is 621. The molecule has 0 aliphatic heterocycles.